The molecule has 0 bridgehead atoms. The SMILES string of the molecule is CC1CNc2cnc(Cl)nc2N(Cc2ccccc2)C1. The molecule has 1 aromatic carbocycles. The molecule has 0 radical (unpaired) electrons. The number of benzene rings is 1. The number of halogens is 1. The minimum absolute atomic E-state index is 0.290. The van der Waals surface area contributed by atoms with Gasteiger partial charge in [0.1, 0.15) is 0 Å². The lowest BCUT2D eigenvalue weighted by atomic mass is 10.1. The van der Waals surface area contributed by atoms with Crippen LogP contribution in [0.4, 0.5) is 11.5 Å². The first-order chi connectivity index (χ1) is 9.72. The fourth-order valence-corrected chi connectivity index (χ4v) is 2.60. The van der Waals surface area contributed by atoms with Crippen LogP contribution in [0.1, 0.15) is 12.5 Å². The normalized spacial score (nSPS) is 18.1. The number of hydrogen-bond acceptors (Lipinski definition) is 4. The number of nitrogens with zero attached hydrogens (tertiary/aromatic N) is 3. The van der Waals surface area contributed by atoms with E-state index in [4.69, 9.17) is 11.6 Å². The second-order valence-corrected chi connectivity index (χ2v) is 5.57. The molecule has 0 fully saturated rings. The van der Waals surface area contributed by atoms with Crippen molar-refractivity contribution < 1.29 is 0 Å². The van der Waals surface area contributed by atoms with Crippen LogP contribution in [0.25, 0.3) is 0 Å². The highest BCUT2D eigenvalue weighted by Crippen LogP contribution is 2.29. The Balaban J connectivity index is 1.94. The number of anilines is 2. The molecule has 1 aliphatic heterocycles. The zero-order valence-corrected chi connectivity index (χ0v) is 12.1. The molecule has 4 nitrogen and oxygen atoms in total. The molecule has 0 aliphatic carbocycles. The first-order valence-corrected chi connectivity index (χ1v) is 7.15. The van der Waals surface area contributed by atoms with Crippen molar-refractivity contribution in [2.24, 2.45) is 5.92 Å². The first kappa shape index (κ1) is 13.2. The van der Waals surface area contributed by atoms with Crippen LogP contribution in [0.5, 0.6) is 0 Å². The van der Waals surface area contributed by atoms with Crippen molar-refractivity contribution >= 4 is 23.1 Å². The van der Waals surface area contributed by atoms with E-state index in [0.717, 1.165) is 31.1 Å². The molecule has 1 N–H and O–H groups in total. The molecule has 1 aromatic heterocycles. The van der Waals surface area contributed by atoms with E-state index in [2.05, 4.69) is 51.4 Å². The van der Waals surface area contributed by atoms with Crippen LogP contribution in [-0.4, -0.2) is 23.1 Å². The van der Waals surface area contributed by atoms with Gasteiger partial charge in [0.2, 0.25) is 5.28 Å². The van der Waals surface area contributed by atoms with Crippen LogP contribution in [-0.2, 0) is 6.54 Å². The highest BCUT2D eigenvalue weighted by atomic mass is 35.5. The summed E-state index contributed by atoms with van der Waals surface area (Å²) in [6.45, 7) is 4.92. The van der Waals surface area contributed by atoms with E-state index in [1.54, 1.807) is 6.20 Å². The summed E-state index contributed by atoms with van der Waals surface area (Å²) in [6, 6.07) is 10.4. The molecule has 104 valence electrons. The predicted octanol–water partition coefficient (Wildman–Crippen LogP) is 3.20. The van der Waals surface area contributed by atoms with Crippen LogP contribution in [0.2, 0.25) is 5.28 Å². The molecule has 2 heterocycles. The highest BCUT2D eigenvalue weighted by molar-refractivity contribution is 6.28. The quantitative estimate of drug-likeness (QED) is 0.862. The summed E-state index contributed by atoms with van der Waals surface area (Å²) >= 11 is 5.96. The van der Waals surface area contributed by atoms with Gasteiger partial charge in [0.05, 0.1) is 11.9 Å². The molecule has 0 saturated carbocycles. The van der Waals surface area contributed by atoms with Crippen LogP contribution in [0, 0.1) is 5.92 Å². The smallest absolute Gasteiger partial charge is 0.224 e. The van der Waals surface area contributed by atoms with Crippen molar-refractivity contribution in [2.45, 2.75) is 13.5 Å². The van der Waals surface area contributed by atoms with Crippen molar-refractivity contribution in [1.82, 2.24) is 9.97 Å². The molecule has 5 heteroatoms. The summed E-state index contributed by atoms with van der Waals surface area (Å²) in [4.78, 5) is 10.7. The fourth-order valence-electron chi connectivity index (χ4n) is 2.47. The van der Waals surface area contributed by atoms with Gasteiger partial charge in [-0.05, 0) is 23.1 Å². The van der Waals surface area contributed by atoms with Gasteiger partial charge in [-0.2, -0.15) is 4.98 Å². The average Bonchev–Trinajstić information content (AvgIpc) is 2.60. The zero-order valence-electron chi connectivity index (χ0n) is 11.4. The molecule has 1 unspecified atom stereocenters. The van der Waals surface area contributed by atoms with E-state index in [0.29, 0.717) is 5.92 Å². The molecular formula is C15H17ClN4. The van der Waals surface area contributed by atoms with Crippen molar-refractivity contribution in [3.8, 4) is 0 Å². The zero-order chi connectivity index (χ0) is 13.9. The van der Waals surface area contributed by atoms with E-state index < -0.39 is 0 Å². The average molecular weight is 289 g/mol. The van der Waals surface area contributed by atoms with Crippen molar-refractivity contribution in [2.75, 3.05) is 23.3 Å². The molecule has 0 saturated heterocycles. The van der Waals surface area contributed by atoms with Gasteiger partial charge in [-0.1, -0.05) is 37.3 Å². The molecule has 0 amide bonds. The van der Waals surface area contributed by atoms with Crippen LogP contribution >= 0.6 is 11.6 Å². The maximum Gasteiger partial charge on any atom is 0.224 e. The number of hydrogen-bond donors (Lipinski definition) is 1. The summed E-state index contributed by atoms with van der Waals surface area (Å²) in [5.41, 5.74) is 2.22. The fraction of sp³-hybridized carbons (Fsp3) is 0.333. The third kappa shape index (κ3) is 2.85. The van der Waals surface area contributed by atoms with Crippen molar-refractivity contribution in [3.05, 3.63) is 47.4 Å². The Labute approximate surface area is 123 Å². The summed E-state index contributed by atoms with van der Waals surface area (Å²) in [5, 5.41) is 3.68. The van der Waals surface area contributed by atoms with Gasteiger partial charge in [-0.3, -0.25) is 0 Å². The molecule has 0 spiro atoms. The standard InChI is InChI=1S/C15H17ClN4/c1-11-7-17-13-8-18-15(16)19-14(13)20(9-11)10-12-5-3-2-4-6-12/h2-6,8,11,17H,7,9-10H2,1H3. The van der Waals surface area contributed by atoms with E-state index in [1.165, 1.54) is 5.56 Å². The number of aromatic nitrogens is 2. The predicted molar refractivity (Wildman–Crippen MR) is 82.2 cm³/mol. The van der Waals surface area contributed by atoms with Crippen LogP contribution < -0.4 is 10.2 Å². The van der Waals surface area contributed by atoms with Gasteiger partial charge in [0.15, 0.2) is 5.82 Å². The Morgan fingerprint density at radius 1 is 1.35 bits per heavy atom. The molecular weight excluding hydrogens is 272 g/mol. The third-order valence-electron chi connectivity index (χ3n) is 3.43. The Morgan fingerprint density at radius 3 is 2.95 bits per heavy atom. The summed E-state index contributed by atoms with van der Waals surface area (Å²) < 4.78 is 0. The van der Waals surface area contributed by atoms with E-state index in [1.807, 2.05) is 6.07 Å². The molecule has 3 rings (SSSR count). The minimum atomic E-state index is 0.290. The lowest BCUT2D eigenvalue weighted by Gasteiger charge is -2.24. The van der Waals surface area contributed by atoms with Crippen molar-refractivity contribution in [1.29, 1.82) is 0 Å². The second kappa shape index (κ2) is 5.67. The minimum Gasteiger partial charge on any atom is -0.380 e. The van der Waals surface area contributed by atoms with E-state index in [-0.39, 0.29) is 5.28 Å². The van der Waals surface area contributed by atoms with Gasteiger partial charge in [-0.15, -0.1) is 0 Å². The van der Waals surface area contributed by atoms with Gasteiger partial charge in [0, 0.05) is 19.6 Å². The van der Waals surface area contributed by atoms with Crippen LogP contribution in [0.15, 0.2) is 36.5 Å². The summed E-state index contributed by atoms with van der Waals surface area (Å²) in [5.74, 6) is 1.42. The lowest BCUT2D eigenvalue weighted by Crippen LogP contribution is -2.28. The maximum absolute atomic E-state index is 5.96. The topological polar surface area (TPSA) is 41.1 Å². The molecule has 1 aliphatic rings. The van der Waals surface area contributed by atoms with Gasteiger partial charge in [0.25, 0.3) is 0 Å². The monoisotopic (exact) mass is 288 g/mol. The number of nitrogens with one attached hydrogen (secondary N) is 1. The molecule has 1 atom stereocenters. The molecule has 2 aromatic rings. The second-order valence-electron chi connectivity index (χ2n) is 5.23. The third-order valence-corrected chi connectivity index (χ3v) is 3.61. The Hall–Kier alpha value is -1.81. The van der Waals surface area contributed by atoms with E-state index in [9.17, 15) is 0 Å². The lowest BCUT2D eigenvalue weighted by molar-refractivity contribution is 0.591. The largest absolute Gasteiger partial charge is 0.380 e. The Morgan fingerprint density at radius 2 is 2.15 bits per heavy atom. The van der Waals surface area contributed by atoms with Gasteiger partial charge in [-0.25, -0.2) is 4.98 Å². The van der Waals surface area contributed by atoms with Crippen LogP contribution in [0.3, 0.4) is 0 Å². The first-order valence-electron chi connectivity index (χ1n) is 6.77. The summed E-state index contributed by atoms with van der Waals surface area (Å²) in [6.07, 6.45) is 1.76. The Bertz CT molecular complexity index is 588. The van der Waals surface area contributed by atoms with E-state index >= 15 is 0 Å². The maximum atomic E-state index is 5.96. The molecule has 20 heavy (non-hydrogen) atoms. The number of rotatable bonds is 2. The summed E-state index contributed by atoms with van der Waals surface area (Å²) in [7, 11) is 0. The highest BCUT2D eigenvalue weighted by Gasteiger charge is 2.21. The van der Waals surface area contributed by atoms with Gasteiger partial charge >= 0.3 is 0 Å². The Kier molecular flexibility index (Phi) is 3.74. The van der Waals surface area contributed by atoms with Gasteiger partial charge < -0.3 is 10.2 Å². The van der Waals surface area contributed by atoms with Crippen molar-refractivity contribution in [3.63, 3.8) is 0 Å². The number of fused-ring (bicyclic) bond motifs is 1.